The van der Waals surface area contributed by atoms with Gasteiger partial charge in [0.2, 0.25) is 5.91 Å². The molecule has 2 atom stereocenters. The molecule has 1 N–H and O–H groups in total. The lowest BCUT2D eigenvalue weighted by Gasteiger charge is -2.40. The fourth-order valence-corrected chi connectivity index (χ4v) is 4.33. The van der Waals surface area contributed by atoms with E-state index in [2.05, 4.69) is 5.32 Å². The van der Waals surface area contributed by atoms with Crippen LogP contribution in [0.4, 0.5) is 26.3 Å². The molecule has 1 saturated heterocycles. The molecule has 0 spiro atoms. The number of amides is 2. The average Bonchev–Trinajstić information content (AvgIpc) is 2.77. The van der Waals surface area contributed by atoms with Crippen molar-refractivity contribution in [2.45, 2.75) is 43.7 Å². The lowest BCUT2D eigenvalue weighted by molar-refractivity contribution is -0.143. The Kier molecular flexibility index (Phi) is 8.33. The molecule has 0 aromatic heterocycles. The number of hydrogen-bond donors (Lipinski definition) is 1. The smallest absolute Gasteiger partial charge is 0.352 e. The number of carbonyl (C=O) groups is 2. The van der Waals surface area contributed by atoms with E-state index in [1.54, 1.807) is 37.2 Å². The number of benzene rings is 2. The molecule has 2 amide bonds. The molecule has 2 aromatic rings. The van der Waals surface area contributed by atoms with Gasteiger partial charge in [0.05, 0.1) is 17.7 Å². The van der Waals surface area contributed by atoms with Crippen LogP contribution in [0.1, 0.15) is 39.9 Å². The third-order valence-corrected chi connectivity index (χ3v) is 5.95. The van der Waals surface area contributed by atoms with E-state index in [4.69, 9.17) is 0 Å². The Bertz CT molecular complexity index is 1040. The zero-order chi connectivity index (χ0) is 26.7. The van der Waals surface area contributed by atoms with E-state index in [9.17, 15) is 35.9 Å². The predicted octanol–water partition coefficient (Wildman–Crippen LogP) is 4.62. The van der Waals surface area contributed by atoms with Gasteiger partial charge in [-0.1, -0.05) is 30.3 Å². The third kappa shape index (κ3) is 7.22. The number of halogens is 6. The normalized spacial score (nSPS) is 18.9. The molecule has 0 radical (unpaired) electrons. The Balaban J connectivity index is 1.92. The first-order valence-electron chi connectivity index (χ1n) is 11.3. The summed E-state index contributed by atoms with van der Waals surface area (Å²) < 4.78 is 80.0. The van der Waals surface area contributed by atoms with Crippen LogP contribution in [0.5, 0.6) is 0 Å². The molecular weight excluding hydrogens is 488 g/mol. The van der Waals surface area contributed by atoms with Gasteiger partial charge in [0, 0.05) is 24.2 Å². The topological polar surface area (TPSA) is 52.7 Å². The SMILES string of the molecule is CN(C)CC(=O)N[C@H]1CCN(C(=O)c2cc(C(F)(F)F)cc(C(F)(F)F)c2)[C@H](Cc2ccccc2)C1. The highest BCUT2D eigenvalue weighted by molar-refractivity contribution is 5.95. The number of piperidine rings is 1. The molecule has 1 heterocycles. The van der Waals surface area contributed by atoms with Crippen molar-refractivity contribution < 1.29 is 35.9 Å². The second-order valence-corrected chi connectivity index (χ2v) is 9.16. The average molecular weight is 515 g/mol. The van der Waals surface area contributed by atoms with Gasteiger partial charge in [0.15, 0.2) is 0 Å². The molecule has 36 heavy (non-hydrogen) atoms. The van der Waals surface area contributed by atoms with Crippen molar-refractivity contribution in [1.29, 1.82) is 0 Å². The van der Waals surface area contributed by atoms with Gasteiger partial charge in [-0.05, 0) is 57.1 Å². The summed E-state index contributed by atoms with van der Waals surface area (Å²) in [7, 11) is 3.48. The van der Waals surface area contributed by atoms with Crippen LogP contribution in [-0.2, 0) is 23.6 Å². The number of nitrogens with zero attached hydrogens (tertiary/aromatic N) is 2. The van der Waals surface area contributed by atoms with E-state index < -0.39 is 41.0 Å². The number of hydrogen-bond acceptors (Lipinski definition) is 3. The van der Waals surface area contributed by atoms with Crippen molar-refractivity contribution >= 4 is 11.8 Å². The standard InChI is InChI=1S/C25H27F6N3O2/c1-33(2)15-22(35)32-20-8-9-34(21(14-20)10-16-6-4-3-5-7-16)23(36)17-11-18(24(26,27)28)13-19(12-17)25(29,30)31/h3-7,11-13,20-21H,8-10,14-15H2,1-2H3,(H,32,35)/t20-,21+/m0/s1. The summed E-state index contributed by atoms with van der Waals surface area (Å²) in [5, 5.41) is 2.91. The maximum Gasteiger partial charge on any atom is 0.416 e. The molecule has 2 aromatic carbocycles. The van der Waals surface area contributed by atoms with E-state index in [1.165, 1.54) is 4.90 Å². The Morgan fingerprint density at radius 2 is 1.56 bits per heavy atom. The zero-order valence-corrected chi connectivity index (χ0v) is 19.8. The Hall–Kier alpha value is -3.08. The van der Waals surface area contributed by atoms with Crippen LogP contribution < -0.4 is 5.32 Å². The highest BCUT2D eigenvalue weighted by atomic mass is 19.4. The molecule has 196 valence electrons. The molecule has 1 aliphatic rings. The molecule has 3 rings (SSSR count). The van der Waals surface area contributed by atoms with Gasteiger partial charge in [0.25, 0.3) is 5.91 Å². The van der Waals surface area contributed by atoms with Crippen molar-refractivity contribution in [1.82, 2.24) is 15.1 Å². The minimum Gasteiger partial charge on any atom is -0.352 e. The lowest BCUT2D eigenvalue weighted by atomic mass is 9.91. The zero-order valence-electron chi connectivity index (χ0n) is 19.8. The first-order chi connectivity index (χ1) is 16.7. The van der Waals surface area contributed by atoms with Gasteiger partial charge < -0.3 is 15.1 Å². The van der Waals surface area contributed by atoms with Gasteiger partial charge in [0.1, 0.15) is 0 Å². The van der Waals surface area contributed by atoms with Crippen LogP contribution >= 0.6 is 0 Å². The predicted molar refractivity (Wildman–Crippen MR) is 121 cm³/mol. The van der Waals surface area contributed by atoms with Crippen LogP contribution in [0.2, 0.25) is 0 Å². The number of likely N-dealkylation sites (N-methyl/N-ethyl adjacent to an activating group) is 1. The highest BCUT2D eigenvalue weighted by Crippen LogP contribution is 2.37. The van der Waals surface area contributed by atoms with E-state index in [0.29, 0.717) is 31.4 Å². The molecule has 0 saturated carbocycles. The van der Waals surface area contributed by atoms with Gasteiger partial charge >= 0.3 is 12.4 Å². The highest BCUT2D eigenvalue weighted by Gasteiger charge is 2.39. The second-order valence-electron chi connectivity index (χ2n) is 9.16. The monoisotopic (exact) mass is 515 g/mol. The van der Waals surface area contributed by atoms with Crippen molar-refractivity contribution in [3.8, 4) is 0 Å². The fraction of sp³-hybridized carbons (Fsp3) is 0.440. The van der Waals surface area contributed by atoms with Crippen LogP contribution in [0, 0.1) is 0 Å². The van der Waals surface area contributed by atoms with Crippen molar-refractivity contribution in [2.24, 2.45) is 0 Å². The number of rotatable bonds is 6. The molecule has 0 bridgehead atoms. The fourth-order valence-electron chi connectivity index (χ4n) is 4.33. The van der Waals surface area contributed by atoms with Gasteiger partial charge in [-0.2, -0.15) is 26.3 Å². The van der Waals surface area contributed by atoms with Crippen molar-refractivity contribution in [3.05, 3.63) is 70.8 Å². The Morgan fingerprint density at radius 3 is 2.08 bits per heavy atom. The summed E-state index contributed by atoms with van der Waals surface area (Å²) >= 11 is 0. The number of likely N-dealkylation sites (tertiary alicyclic amines) is 1. The molecule has 1 aliphatic heterocycles. The van der Waals surface area contributed by atoms with Gasteiger partial charge in [-0.15, -0.1) is 0 Å². The molecule has 1 fully saturated rings. The second kappa shape index (κ2) is 10.9. The van der Waals surface area contributed by atoms with Crippen LogP contribution in [0.3, 0.4) is 0 Å². The quantitative estimate of drug-likeness (QED) is 0.572. The minimum atomic E-state index is -5.05. The number of carbonyl (C=O) groups excluding carboxylic acids is 2. The largest absolute Gasteiger partial charge is 0.416 e. The van der Waals surface area contributed by atoms with E-state index in [1.807, 2.05) is 12.1 Å². The molecule has 11 heteroatoms. The summed E-state index contributed by atoms with van der Waals surface area (Å²) in [4.78, 5) is 28.6. The number of alkyl halides is 6. The summed E-state index contributed by atoms with van der Waals surface area (Å²) in [6.45, 7) is 0.230. The first kappa shape index (κ1) is 27.5. The number of nitrogens with one attached hydrogen (secondary N) is 1. The van der Waals surface area contributed by atoms with Crippen LogP contribution in [0.15, 0.2) is 48.5 Å². The Labute approximate surface area is 205 Å². The maximum atomic E-state index is 13.3. The van der Waals surface area contributed by atoms with Crippen molar-refractivity contribution in [3.63, 3.8) is 0 Å². The van der Waals surface area contributed by atoms with E-state index in [-0.39, 0.29) is 31.1 Å². The van der Waals surface area contributed by atoms with Crippen LogP contribution in [0.25, 0.3) is 0 Å². The summed E-state index contributed by atoms with van der Waals surface area (Å²) in [5.41, 5.74) is -2.90. The van der Waals surface area contributed by atoms with Gasteiger partial charge in [-0.3, -0.25) is 9.59 Å². The maximum absolute atomic E-state index is 13.3. The first-order valence-corrected chi connectivity index (χ1v) is 11.3. The van der Waals surface area contributed by atoms with E-state index in [0.717, 1.165) is 5.56 Å². The van der Waals surface area contributed by atoms with Gasteiger partial charge in [-0.25, -0.2) is 0 Å². The molecule has 0 aliphatic carbocycles. The minimum absolute atomic E-state index is 0.00471. The lowest BCUT2D eigenvalue weighted by Crippen LogP contribution is -2.53. The van der Waals surface area contributed by atoms with Crippen LogP contribution in [-0.4, -0.2) is 60.9 Å². The Morgan fingerprint density at radius 1 is 0.972 bits per heavy atom. The molecule has 0 unspecified atom stereocenters. The van der Waals surface area contributed by atoms with E-state index >= 15 is 0 Å². The molecular formula is C25H27F6N3O2. The summed E-state index contributed by atoms with van der Waals surface area (Å²) in [6, 6.07) is 9.14. The third-order valence-electron chi connectivity index (χ3n) is 5.95. The van der Waals surface area contributed by atoms with Crippen molar-refractivity contribution in [2.75, 3.05) is 27.2 Å². The molecule has 5 nitrogen and oxygen atoms in total. The summed E-state index contributed by atoms with van der Waals surface area (Å²) in [6.07, 6.45) is -9.14. The summed E-state index contributed by atoms with van der Waals surface area (Å²) in [5.74, 6) is -1.12.